The number of rotatable bonds is 2. The van der Waals surface area contributed by atoms with Gasteiger partial charge in [0.2, 0.25) is 0 Å². The Balaban J connectivity index is 0.00000161. The van der Waals surface area contributed by atoms with Crippen molar-refractivity contribution in [2.75, 3.05) is 27.2 Å². The third-order valence-corrected chi connectivity index (χ3v) is 5.47. The molecule has 1 fully saturated rings. The van der Waals surface area contributed by atoms with Crippen LogP contribution in [0.2, 0.25) is 0 Å². The Morgan fingerprint density at radius 3 is 2.14 bits per heavy atom. The summed E-state index contributed by atoms with van der Waals surface area (Å²) in [7, 11) is 4.39. The summed E-state index contributed by atoms with van der Waals surface area (Å²) < 4.78 is 0.858. The fourth-order valence-electron chi connectivity index (χ4n) is 3.06. The van der Waals surface area contributed by atoms with E-state index >= 15 is 0 Å². The molecule has 3 heterocycles. The zero-order valence-corrected chi connectivity index (χ0v) is 15.5. The van der Waals surface area contributed by atoms with Crippen molar-refractivity contribution < 1.29 is 26.6 Å². The molecule has 1 atom stereocenters. The first kappa shape index (κ1) is 16.9. The number of quaternary nitrogens is 1. The molecule has 3 rings (SSSR count). The summed E-state index contributed by atoms with van der Waals surface area (Å²) in [4.78, 5) is 2.63. The van der Waals surface area contributed by atoms with E-state index < -0.39 is 0 Å². The van der Waals surface area contributed by atoms with Crippen LogP contribution in [0, 0.1) is 0 Å². The van der Waals surface area contributed by atoms with Crippen molar-refractivity contribution in [2.24, 2.45) is 0 Å². The fraction of sp³-hybridized carbons (Fsp3) is 0.375. The molecule has 2 aromatic heterocycles. The van der Waals surface area contributed by atoms with Gasteiger partial charge in [-0.2, -0.15) is 0 Å². The maximum Gasteiger partial charge on any atom is 0.107 e. The molecule has 0 bridgehead atoms. The van der Waals surface area contributed by atoms with Crippen LogP contribution in [0.25, 0.3) is 5.57 Å². The minimum absolute atomic E-state index is 0. The van der Waals surface area contributed by atoms with Gasteiger partial charge in [0.05, 0.1) is 14.1 Å². The lowest BCUT2D eigenvalue weighted by Gasteiger charge is -2.38. The number of thiophene rings is 2. The average Bonchev–Trinajstić information content (AvgIpc) is 2.99. The van der Waals surface area contributed by atoms with Crippen LogP contribution in [-0.2, 0) is 0 Å². The van der Waals surface area contributed by atoms with Crippen molar-refractivity contribution in [3.8, 4) is 0 Å². The van der Waals surface area contributed by atoms with E-state index in [4.69, 9.17) is 0 Å². The highest BCUT2D eigenvalue weighted by Gasteiger charge is 2.31. The van der Waals surface area contributed by atoms with E-state index in [1.54, 1.807) is 22.7 Å². The lowest BCUT2D eigenvalue weighted by atomic mass is 9.94. The van der Waals surface area contributed by atoms with Crippen LogP contribution in [-0.4, -0.2) is 42.9 Å². The van der Waals surface area contributed by atoms with Gasteiger partial charge in [-0.3, -0.25) is 0 Å². The molecule has 0 aromatic carbocycles. The van der Waals surface area contributed by atoms with E-state index in [1.165, 1.54) is 20.9 Å². The van der Waals surface area contributed by atoms with E-state index in [0.29, 0.717) is 0 Å². The van der Waals surface area contributed by atoms with Gasteiger partial charge in [0.1, 0.15) is 19.2 Å². The molecule has 0 amide bonds. The number of likely N-dealkylation sites (N-methyl/N-ethyl adjacent to an activating group) is 1. The van der Waals surface area contributed by atoms with Gasteiger partial charge in [-0.25, -0.2) is 0 Å². The van der Waals surface area contributed by atoms with E-state index in [9.17, 15) is 5.11 Å². The molecule has 0 spiro atoms. The Morgan fingerprint density at radius 2 is 1.71 bits per heavy atom. The zero-order chi connectivity index (χ0) is 14.2. The molecule has 0 saturated carbocycles. The van der Waals surface area contributed by atoms with E-state index in [1.807, 2.05) is 0 Å². The summed E-state index contributed by atoms with van der Waals surface area (Å²) in [6, 6.07) is 8.59. The van der Waals surface area contributed by atoms with Crippen molar-refractivity contribution in [2.45, 2.75) is 12.5 Å². The topological polar surface area (TPSA) is 20.2 Å². The highest BCUT2D eigenvalue weighted by molar-refractivity contribution is 7.13. The van der Waals surface area contributed by atoms with E-state index in [2.05, 4.69) is 49.1 Å². The third kappa shape index (κ3) is 3.85. The Labute approximate surface area is 144 Å². The Hall–Kier alpha value is -0.460. The van der Waals surface area contributed by atoms with Crippen LogP contribution in [0.3, 0.4) is 0 Å². The summed E-state index contributed by atoms with van der Waals surface area (Å²) in [5.74, 6) is 0. The average molecular weight is 386 g/mol. The van der Waals surface area contributed by atoms with Gasteiger partial charge in [-0.15, -0.1) is 22.7 Å². The predicted molar refractivity (Wildman–Crippen MR) is 87.1 cm³/mol. The highest BCUT2D eigenvalue weighted by atomic mass is 79.9. The maximum absolute atomic E-state index is 10.2. The van der Waals surface area contributed by atoms with Gasteiger partial charge in [0.15, 0.2) is 0 Å². The number of aliphatic hydroxyl groups excluding tert-OH is 1. The number of hydrogen-bond acceptors (Lipinski definition) is 3. The molecule has 21 heavy (non-hydrogen) atoms. The van der Waals surface area contributed by atoms with Crippen molar-refractivity contribution in [3.05, 3.63) is 50.4 Å². The first-order chi connectivity index (χ1) is 9.55. The number of nitrogens with zero attached hydrogens (tertiary/aromatic N) is 1. The summed E-state index contributed by atoms with van der Waals surface area (Å²) in [6.07, 6.45) is 0.566. The van der Waals surface area contributed by atoms with Crippen LogP contribution >= 0.6 is 22.7 Å². The zero-order valence-electron chi connectivity index (χ0n) is 12.3. The van der Waals surface area contributed by atoms with Crippen LogP contribution in [0.1, 0.15) is 16.2 Å². The maximum atomic E-state index is 10.2. The summed E-state index contributed by atoms with van der Waals surface area (Å²) in [6.45, 7) is 1.86. The van der Waals surface area contributed by atoms with Crippen molar-refractivity contribution in [3.63, 3.8) is 0 Å². The van der Waals surface area contributed by atoms with E-state index in [0.717, 1.165) is 24.0 Å². The second-order valence-corrected chi connectivity index (χ2v) is 7.96. The smallest absolute Gasteiger partial charge is 0.107 e. The van der Waals surface area contributed by atoms with Gasteiger partial charge in [0, 0.05) is 21.7 Å². The molecular formula is C16H20BrNOS2. The number of piperidine rings is 1. The molecule has 1 N–H and O–H groups in total. The number of halogens is 1. The fourth-order valence-corrected chi connectivity index (χ4v) is 4.79. The first-order valence-corrected chi connectivity index (χ1v) is 8.61. The summed E-state index contributed by atoms with van der Waals surface area (Å²) >= 11 is 3.57. The number of aliphatic hydroxyl groups is 1. The molecule has 0 aliphatic carbocycles. The third-order valence-electron chi connectivity index (χ3n) is 3.69. The molecule has 2 aromatic rings. The van der Waals surface area contributed by atoms with Crippen LogP contribution < -0.4 is 17.0 Å². The van der Waals surface area contributed by atoms with Crippen LogP contribution in [0.15, 0.2) is 40.6 Å². The largest absolute Gasteiger partial charge is 1.00 e. The molecule has 0 radical (unpaired) electrons. The minimum atomic E-state index is -0.233. The quantitative estimate of drug-likeness (QED) is 0.744. The molecule has 114 valence electrons. The van der Waals surface area contributed by atoms with Gasteiger partial charge in [-0.05, 0) is 28.5 Å². The van der Waals surface area contributed by atoms with E-state index in [-0.39, 0.29) is 23.1 Å². The molecule has 2 nitrogen and oxygen atoms in total. The van der Waals surface area contributed by atoms with Gasteiger partial charge < -0.3 is 26.6 Å². The lowest BCUT2D eigenvalue weighted by molar-refractivity contribution is -0.892. The Kier molecular flexibility index (Phi) is 5.43. The summed E-state index contributed by atoms with van der Waals surface area (Å²) in [5.41, 5.74) is 2.73. The number of hydrogen-bond donors (Lipinski definition) is 1. The molecule has 1 aliphatic heterocycles. The standard InChI is InChI=1S/C16H20NOS2.BrH/c1-17(2)10-12(9-13(18)11-17)16(14-5-3-7-19-14)15-6-4-8-20-15;/h3-8,13,18H,9-11H2,1-2H3;1H/q+1;/p-1. The lowest BCUT2D eigenvalue weighted by Crippen LogP contribution is -3.00. The molecule has 1 saturated heterocycles. The van der Waals surface area contributed by atoms with Crippen molar-refractivity contribution >= 4 is 28.2 Å². The minimum Gasteiger partial charge on any atom is -1.00 e. The van der Waals surface area contributed by atoms with Crippen molar-refractivity contribution in [1.29, 1.82) is 0 Å². The first-order valence-electron chi connectivity index (χ1n) is 6.85. The molecular weight excluding hydrogens is 366 g/mol. The second kappa shape index (κ2) is 6.75. The molecule has 1 aliphatic rings. The number of likely N-dealkylation sites (tertiary alicyclic amines) is 1. The van der Waals surface area contributed by atoms with Gasteiger partial charge in [0.25, 0.3) is 0 Å². The molecule has 1 unspecified atom stereocenters. The second-order valence-electron chi connectivity index (χ2n) is 6.07. The van der Waals surface area contributed by atoms with Crippen LogP contribution in [0.4, 0.5) is 0 Å². The summed E-state index contributed by atoms with van der Waals surface area (Å²) in [5, 5.41) is 14.5. The normalized spacial score (nSPS) is 20.9. The van der Waals surface area contributed by atoms with Gasteiger partial charge >= 0.3 is 0 Å². The van der Waals surface area contributed by atoms with Gasteiger partial charge in [-0.1, -0.05) is 12.1 Å². The SMILES string of the molecule is C[N+]1(C)CC(=C(c2cccs2)c2cccs2)CC(O)C1.[Br-]. The molecule has 5 heteroatoms. The predicted octanol–water partition coefficient (Wildman–Crippen LogP) is 0.456. The van der Waals surface area contributed by atoms with Crippen molar-refractivity contribution in [1.82, 2.24) is 0 Å². The Bertz CT molecular complexity index is 566. The monoisotopic (exact) mass is 385 g/mol. The highest BCUT2D eigenvalue weighted by Crippen LogP contribution is 2.36. The van der Waals surface area contributed by atoms with Crippen LogP contribution in [0.5, 0.6) is 0 Å². The Morgan fingerprint density at radius 1 is 1.14 bits per heavy atom.